The van der Waals surface area contributed by atoms with Gasteiger partial charge in [-0.15, -0.1) is 0 Å². The molecular formula is C21H17N. The van der Waals surface area contributed by atoms with Crippen LogP contribution < -0.4 is 5.73 Å². The highest BCUT2D eigenvalue weighted by Crippen LogP contribution is 2.31. The SMILES string of the molecule is NC(c1cccc2ccccc12)c1cccc2ccccc12. The first-order valence-corrected chi connectivity index (χ1v) is 7.55. The van der Waals surface area contributed by atoms with Crippen LogP contribution in [-0.2, 0) is 0 Å². The van der Waals surface area contributed by atoms with Crippen molar-refractivity contribution in [3.8, 4) is 0 Å². The quantitative estimate of drug-likeness (QED) is 0.548. The zero-order valence-electron chi connectivity index (χ0n) is 12.2. The van der Waals surface area contributed by atoms with Gasteiger partial charge in [-0.25, -0.2) is 0 Å². The van der Waals surface area contributed by atoms with Crippen LogP contribution in [0.4, 0.5) is 0 Å². The van der Waals surface area contributed by atoms with Crippen LogP contribution in [0.1, 0.15) is 17.2 Å². The molecule has 4 rings (SSSR count). The molecule has 0 bridgehead atoms. The third kappa shape index (κ3) is 2.07. The molecule has 4 aromatic carbocycles. The average molecular weight is 283 g/mol. The van der Waals surface area contributed by atoms with Crippen molar-refractivity contribution >= 4 is 21.5 Å². The molecule has 4 aromatic rings. The summed E-state index contributed by atoms with van der Waals surface area (Å²) in [6.45, 7) is 0. The standard InChI is InChI=1S/C21H17N/c22-21(19-13-5-9-15-7-1-3-11-17(15)19)20-14-6-10-16-8-2-4-12-18(16)20/h1-14,21H,22H2. The first-order valence-electron chi connectivity index (χ1n) is 7.55. The molecule has 0 atom stereocenters. The highest BCUT2D eigenvalue weighted by Gasteiger charge is 2.14. The first-order chi connectivity index (χ1) is 10.8. The molecule has 0 aliphatic carbocycles. The molecule has 0 fully saturated rings. The first kappa shape index (κ1) is 13.1. The average Bonchev–Trinajstić information content (AvgIpc) is 2.60. The van der Waals surface area contributed by atoms with Gasteiger partial charge in [-0.1, -0.05) is 84.9 Å². The molecule has 22 heavy (non-hydrogen) atoms. The van der Waals surface area contributed by atoms with E-state index in [0.29, 0.717) is 0 Å². The second-order valence-electron chi connectivity index (χ2n) is 5.61. The van der Waals surface area contributed by atoms with E-state index in [2.05, 4.69) is 84.9 Å². The van der Waals surface area contributed by atoms with Crippen molar-refractivity contribution in [2.24, 2.45) is 5.73 Å². The van der Waals surface area contributed by atoms with E-state index in [1.54, 1.807) is 0 Å². The van der Waals surface area contributed by atoms with Crippen molar-refractivity contribution in [1.29, 1.82) is 0 Å². The Balaban J connectivity index is 1.94. The Labute approximate surface area is 130 Å². The Morgan fingerprint density at radius 1 is 0.500 bits per heavy atom. The lowest BCUT2D eigenvalue weighted by Crippen LogP contribution is -2.12. The summed E-state index contributed by atoms with van der Waals surface area (Å²) in [6, 6.07) is 29.4. The van der Waals surface area contributed by atoms with Crippen molar-refractivity contribution in [3.05, 3.63) is 96.1 Å². The third-order valence-electron chi connectivity index (χ3n) is 4.32. The fourth-order valence-electron chi connectivity index (χ4n) is 3.21. The highest BCUT2D eigenvalue weighted by molar-refractivity contribution is 5.89. The molecule has 0 aliphatic rings. The second-order valence-corrected chi connectivity index (χ2v) is 5.61. The van der Waals surface area contributed by atoms with Crippen molar-refractivity contribution in [3.63, 3.8) is 0 Å². The maximum atomic E-state index is 6.65. The topological polar surface area (TPSA) is 26.0 Å². The summed E-state index contributed by atoms with van der Waals surface area (Å²) in [6.07, 6.45) is 0. The van der Waals surface area contributed by atoms with Crippen LogP contribution in [0, 0.1) is 0 Å². The summed E-state index contributed by atoms with van der Waals surface area (Å²) in [4.78, 5) is 0. The van der Waals surface area contributed by atoms with Gasteiger partial charge in [-0.2, -0.15) is 0 Å². The summed E-state index contributed by atoms with van der Waals surface area (Å²) in [5, 5.41) is 4.92. The van der Waals surface area contributed by atoms with Gasteiger partial charge in [-0.3, -0.25) is 0 Å². The van der Waals surface area contributed by atoms with E-state index in [0.717, 1.165) is 0 Å². The molecule has 2 N–H and O–H groups in total. The normalized spacial score (nSPS) is 11.4. The molecule has 0 aliphatic heterocycles. The summed E-state index contributed by atoms with van der Waals surface area (Å²) >= 11 is 0. The lowest BCUT2D eigenvalue weighted by molar-refractivity contribution is 0.890. The van der Waals surface area contributed by atoms with Crippen LogP contribution in [-0.4, -0.2) is 0 Å². The fourth-order valence-corrected chi connectivity index (χ4v) is 3.21. The predicted octanol–water partition coefficient (Wildman–Crippen LogP) is 5.04. The zero-order chi connectivity index (χ0) is 14.9. The lowest BCUT2D eigenvalue weighted by atomic mass is 9.91. The van der Waals surface area contributed by atoms with Crippen molar-refractivity contribution < 1.29 is 0 Å². The Bertz CT molecular complexity index is 866. The number of hydrogen-bond acceptors (Lipinski definition) is 1. The zero-order valence-corrected chi connectivity index (χ0v) is 12.2. The van der Waals surface area contributed by atoms with Crippen LogP contribution in [0.5, 0.6) is 0 Å². The maximum Gasteiger partial charge on any atom is 0.0563 e. The number of benzene rings is 4. The van der Waals surface area contributed by atoms with Crippen molar-refractivity contribution in [1.82, 2.24) is 0 Å². The molecule has 1 heteroatoms. The van der Waals surface area contributed by atoms with Gasteiger partial charge < -0.3 is 5.73 Å². The van der Waals surface area contributed by atoms with E-state index in [1.807, 2.05) is 0 Å². The van der Waals surface area contributed by atoms with Gasteiger partial charge in [0.25, 0.3) is 0 Å². The molecule has 0 unspecified atom stereocenters. The smallest absolute Gasteiger partial charge is 0.0563 e. The van der Waals surface area contributed by atoms with Crippen LogP contribution in [0.25, 0.3) is 21.5 Å². The largest absolute Gasteiger partial charge is 0.320 e. The van der Waals surface area contributed by atoms with Crippen molar-refractivity contribution in [2.75, 3.05) is 0 Å². The minimum absolute atomic E-state index is 0.128. The molecule has 0 heterocycles. The highest BCUT2D eigenvalue weighted by atomic mass is 14.6. The molecular weight excluding hydrogens is 266 g/mol. The van der Waals surface area contributed by atoms with Crippen LogP contribution >= 0.6 is 0 Å². The lowest BCUT2D eigenvalue weighted by Gasteiger charge is -2.17. The van der Waals surface area contributed by atoms with E-state index in [1.165, 1.54) is 32.7 Å². The summed E-state index contributed by atoms with van der Waals surface area (Å²) in [5.74, 6) is 0. The van der Waals surface area contributed by atoms with Gasteiger partial charge in [0, 0.05) is 0 Å². The van der Waals surface area contributed by atoms with E-state index < -0.39 is 0 Å². The summed E-state index contributed by atoms with van der Waals surface area (Å²) in [7, 11) is 0. The van der Waals surface area contributed by atoms with Crippen molar-refractivity contribution in [2.45, 2.75) is 6.04 Å². The van der Waals surface area contributed by atoms with Gasteiger partial charge in [0.1, 0.15) is 0 Å². The number of nitrogens with two attached hydrogens (primary N) is 1. The summed E-state index contributed by atoms with van der Waals surface area (Å²) in [5.41, 5.74) is 9.00. The maximum absolute atomic E-state index is 6.65. The monoisotopic (exact) mass is 283 g/mol. The van der Waals surface area contributed by atoms with Gasteiger partial charge in [0.05, 0.1) is 6.04 Å². The minimum atomic E-state index is -0.128. The van der Waals surface area contributed by atoms with E-state index >= 15 is 0 Å². The molecule has 0 aromatic heterocycles. The number of fused-ring (bicyclic) bond motifs is 2. The van der Waals surface area contributed by atoms with Crippen LogP contribution in [0.15, 0.2) is 84.9 Å². The molecule has 0 saturated carbocycles. The number of rotatable bonds is 2. The second kappa shape index (κ2) is 5.28. The Morgan fingerprint density at radius 2 is 0.909 bits per heavy atom. The van der Waals surface area contributed by atoms with E-state index in [-0.39, 0.29) is 6.04 Å². The van der Waals surface area contributed by atoms with Gasteiger partial charge in [0.15, 0.2) is 0 Å². The minimum Gasteiger partial charge on any atom is -0.320 e. The molecule has 106 valence electrons. The molecule has 0 amide bonds. The van der Waals surface area contributed by atoms with Gasteiger partial charge >= 0.3 is 0 Å². The molecule has 0 radical (unpaired) electrons. The van der Waals surface area contributed by atoms with E-state index in [4.69, 9.17) is 5.73 Å². The summed E-state index contributed by atoms with van der Waals surface area (Å²) < 4.78 is 0. The van der Waals surface area contributed by atoms with E-state index in [9.17, 15) is 0 Å². The Hall–Kier alpha value is -2.64. The Kier molecular flexibility index (Phi) is 3.14. The Morgan fingerprint density at radius 3 is 1.41 bits per heavy atom. The molecule has 0 saturated heterocycles. The van der Waals surface area contributed by atoms with Crippen LogP contribution in [0.3, 0.4) is 0 Å². The third-order valence-corrected chi connectivity index (χ3v) is 4.32. The number of hydrogen-bond donors (Lipinski definition) is 1. The molecule has 1 nitrogen and oxygen atoms in total. The molecule has 0 spiro atoms. The fraction of sp³-hybridized carbons (Fsp3) is 0.0476. The van der Waals surface area contributed by atoms with Crippen LogP contribution in [0.2, 0.25) is 0 Å². The van der Waals surface area contributed by atoms with Gasteiger partial charge in [0.2, 0.25) is 0 Å². The van der Waals surface area contributed by atoms with Gasteiger partial charge in [-0.05, 0) is 32.7 Å². The predicted molar refractivity (Wildman–Crippen MR) is 93.9 cm³/mol.